The molecule has 0 aromatic heterocycles. The summed E-state index contributed by atoms with van der Waals surface area (Å²) in [4.78, 5) is 13.7. The average molecular weight is 242 g/mol. The number of aliphatic carboxylic acids is 1. The number of nitrogens with one attached hydrogen (secondary N) is 1. The molecule has 0 aromatic rings. The minimum Gasteiger partial charge on any atom is -0.480 e. The van der Waals surface area contributed by atoms with Crippen LogP contribution in [0.1, 0.15) is 47.0 Å². The fraction of sp³-hybridized carbons (Fsp3) is 0.923. The van der Waals surface area contributed by atoms with Crippen molar-refractivity contribution < 1.29 is 9.90 Å². The number of rotatable bonds is 8. The number of hydrogen-bond donors (Lipinski definition) is 2. The van der Waals surface area contributed by atoms with Crippen LogP contribution in [0.2, 0.25) is 0 Å². The van der Waals surface area contributed by atoms with Crippen molar-refractivity contribution in [3.63, 3.8) is 0 Å². The Labute approximate surface area is 104 Å². The molecule has 17 heavy (non-hydrogen) atoms. The van der Waals surface area contributed by atoms with Crippen molar-refractivity contribution >= 4 is 5.97 Å². The van der Waals surface area contributed by atoms with E-state index in [1.54, 1.807) is 0 Å². The molecule has 0 aromatic carbocycles. The summed E-state index contributed by atoms with van der Waals surface area (Å²) in [5, 5.41) is 12.7. The Morgan fingerprint density at radius 3 is 2.35 bits per heavy atom. The molecule has 4 nitrogen and oxygen atoms in total. The Balaban J connectivity index is 2.61. The van der Waals surface area contributed by atoms with E-state index in [1.807, 2.05) is 6.92 Å². The fourth-order valence-corrected chi connectivity index (χ4v) is 2.45. The second-order valence-corrected chi connectivity index (χ2v) is 5.33. The summed E-state index contributed by atoms with van der Waals surface area (Å²) in [7, 11) is 0. The minimum absolute atomic E-state index is 0.289. The molecule has 0 amide bonds. The smallest absolute Gasteiger partial charge is 0.323 e. The Kier molecular flexibility index (Phi) is 4.95. The van der Waals surface area contributed by atoms with E-state index < -0.39 is 11.5 Å². The van der Waals surface area contributed by atoms with Crippen LogP contribution in [0.4, 0.5) is 0 Å². The number of carbonyl (C=O) groups is 1. The highest BCUT2D eigenvalue weighted by Crippen LogP contribution is 2.26. The summed E-state index contributed by atoms with van der Waals surface area (Å²) in [5.74, 6) is -0.733. The van der Waals surface area contributed by atoms with Gasteiger partial charge in [-0.2, -0.15) is 0 Å². The van der Waals surface area contributed by atoms with Crippen molar-refractivity contribution in [3.8, 4) is 0 Å². The highest BCUT2D eigenvalue weighted by Gasteiger charge is 2.40. The van der Waals surface area contributed by atoms with Crippen molar-refractivity contribution in [2.24, 2.45) is 0 Å². The number of carboxylic acids is 1. The van der Waals surface area contributed by atoms with Gasteiger partial charge in [0.05, 0.1) is 0 Å². The highest BCUT2D eigenvalue weighted by atomic mass is 16.4. The molecule has 4 heteroatoms. The van der Waals surface area contributed by atoms with Crippen LogP contribution in [0.5, 0.6) is 0 Å². The van der Waals surface area contributed by atoms with Gasteiger partial charge >= 0.3 is 5.97 Å². The number of hydrogen-bond acceptors (Lipinski definition) is 3. The predicted octanol–water partition coefficient (Wildman–Crippen LogP) is 1.70. The second-order valence-electron chi connectivity index (χ2n) is 5.33. The summed E-state index contributed by atoms with van der Waals surface area (Å²) in [6, 6.07) is 0.706. The summed E-state index contributed by atoms with van der Waals surface area (Å²) < 4.78 is 0. The summed E-state index contributed by atoms with van der Waals surface area (Å²) >= 11 is 0. The van der Waals surface area contributed by atoms with Crippen molar-refractivity contribution in [1.29, 1.82) is 0 Å². The first kappa shape index (κ1) is 14.5. The van der Waals surface area contributed by atoms with E-state index in [0.717, 1.165) is 25.9 Å². The zero-order valence-electron chi connectivity index (χ0n) is 11.5. The Morgan fingerprint density at radius 1 is 1.47 bits per heavy atom. The number of nitrogens with zero attached hydrogens (tertiary/aromatic N) is 1. The minimum atomic E-state index is -0.789. The lowest BCUT2D eigenvalue weighted by molar-refractivity contribution is -0.145. The third kappa shape index (κ3) is 3.96. The maximum absolute atomic E-state index is 11.4. The van der Waals surface area contributed by atoms with Crippen LogP contribution in [0.15, 0.2) is 0 Å². The molecular formula is C13H26N2O2. The Hall–Kier alpha value is -0.610. The van der Waals surface area contributed by atoms with E-state index in [4.69, 9.17) is 0 Å². The van der Waals surface area contributed by atoms with Gasteiger partial charge in [0.15, 0.2) is 0 Å². The van der Waals surface area contributed by atoms with Gasteiger partial charge < -0.3 is 10.0 Å². The zero-order chi connectivity index (χ0) is 13.1. The maximum atomic E-state index is 11.4. The van der Waals surface area contributed by atoms with E-state index in [2.05, 4.69) is 31.0 Å². The molecule has 0 spiro atoms. The van der Waals surface area contributed by atoms with Gasteiger partial charge in [-0.1, -0.05) is 13.8 Å². The molecule has 0 heterocycles. The molecule has 2 atom stereocenters. The molecule has 0 saturated heterocycles. The van der Waals surface area contributed by atoms with Gasteiger partial charge in [-0.05, 0) is 46.2 Å². The summed E-state index contributed by atoms with van der Waals surface area (Å²) in [6.45, 7) is 10.1. The molecule has 2 N–H and O–H groups in total. The third-order valence-electron chi connectivity index (χ3n) is 3.71. The Bertz CT molecular complexity index is 262. The molecular weight excluding hydrogens is 216 g/mol. The lowest BCUT2D eigenvalue weighted by Crippen LogP contribution is -2.54. The van der Waals surface area contributed by atoms with Gasteiger partial charge in [-0.15, -0.1) is 0 Å². The third-order valence-corrected chi connectivity index (χ3v) is 3.71. The first-order valence-corrected chi connectivity index (χ1v) is 6.68. The largest absolute Gasteiger partial charge is 0.480 e. The molecule has 0 aliphatic heterocycles. The fourth-order valence-electron chi connectivity index (χ4n) is 2.45. The van der Waals surface area contributed by atoms with Gasteiger partial charge in [-0.25, -0.2) is 0 Å². The van der Waals surface area contributed by atoms with E-state index >= 15 is 0 Å². The first-order valence-electron chi connectivity index (χ1n) is 6.68. The summed E-state index contributed by atoms with van der Waals surface area (Å²) in [6.07, 6.45) is 2.88. The van der Waals surface area contributed by atoms with E-state index in [1.165, 1.54) is 0 Å². The van der Waals surface area contributed by atoms with Gasteiger partial charge in [0.1, 0.15) is 5.54 Å². The molecule has 0 radical (unpaired) electrons. The lowest BCUT2D eigenvalue weighted by atomic mass is 9.92. The van der Waals surface area contributed by atoms with Crippen LogP contribution in [0.25, 0.3) is 0 Å². The SMILES string of the molecule is CCN(CC)C(C)CC(C)(NC1CC1)C(=O)O. The lowest BCUT2D eigenvalue weighted by Gasteiger charge is -2.34. The zero-order valence-corrected chi connectivity index (χ0v) is 11.5. The topological polar surface area (TPSA) is 52.6 Å². The molecule has 2 unspecified atom stereocenters. The van der Waals surface area contributed by atoms with Crippen LogP contribution in [0, 0.1) is 0 Å². The molecule has 0 bridgehead atoms. The molecule has 1 rings (SSSR count). The van der Waals surface area contributed by atoms with Crippen molar-refractivity contribution in [1.82, 2.24) is 10.2 Å². The number of carboxylic acid groups (broad SMARTS) is 1. The van der Waals surface area contributed by atoms with Crippen molar-refractivity contribution in [2.45, 2.75) is 64.6 Å². The predicted molar refractivity (Wildman–Crippen MR) is 69.2 cm³/mol. The summed E-state index contributed by atoms with van der Waals surface area (Å²) in [5.41, 5.74) is -0.789. The monoisotopic (exact) mass is 242 g/mol. The van der Waals surface area contributed by atoms with E-state index in [-0.39, 0.29) is 6.04 Å². The van der Waals surface area contributed by atoms with Crippen molar-refractivity contribution in [3.05, 3.63) is 0 Å². The molecule has 1 fully saturated rings. The van der Waals surface area contributed by atoms with Crippen molar-refractivity contribution in [2.75, 3.05) is 13.1 Å². The van der Waals surface area contributed by atoms with Gasteiger partial charge in [-0.3, -0.25) is 10.1 Å². The van der Waals surface area contributed by atoms with Gasteiger partial charge in [0, 0.05) is 12.1 Å². The average Bonchev–Trinajstić information content (AvgIpc) is 3.02. The normalized spacial score (nSPS) is 21.2. The first-order chi connectivity index (χ1) is 7.92. The van der Waals surface area contributed by atoms with Crippen LogP contribution >= 0.6 is 0 Å². The maximum Gasteiger partial charge on any atom is 0.323 e. The molecule has 1 saturated carbocycles. The Morgan fingerprint density at radius 2 is 2.00 bits per heavy atom. The quantitative estimate of drug-likeness (QED) is 0.680. The van der Waals surface area contributed by atoms with Gasteiger partial charge in [0.2, 0.25) is 0 Å². The van der Waals surface area contributed by atoms with E-state index in [0.29, 0.717) is 12.5 Å². The van der Waals surface area contributed by atoms with Crippen LogP contribution in [-0.2, 0) is 4.79 Å². The van der Waals surface area contributed by atoms with Crippen LogP contribution < -0.4 is 5.32 Å². The van der Waals surface area contributed by atoms with Gasteiger partial charge in [0.25, 0.3) is 0 Å². The highest BCUT2D eigenvalue weighted by molar-refractivity contribution is 5.78. The van der Waals surface area contributed by atoms with E-state index in [9.17, 15) is 9.90 Å². The van der Waals surface area contributed by atoms with Crippen LogP contribution in [0.3, 0.4) is 0 Å². The molecule has 1 aliphatic rings. The van der Waals surface area contributed by atoms with Crippen LogP contribution in [-0.4, -0.2) is 46.7 Å². The molecule has 1 aliphatic carbocycles. The molecule has 100 valence electrons. The second kappa shape index (κ2) is 5.83. The standard InChI is InChI=1S/C13H26N2O2/c1-5-15(6-2)10(3)9-13(4,12(16)17)14-11-7-8-11/h10-11,14H,5-9H2,1-4H3,(H,16,17).